The molecular formula is C82H149NO13. The zero-order chi connectivity index (χ0) is 69.4. The van der Waals surface area contributed by atoms with Crippen molar-refractivity contribution in [3.05, 3.63) is 72.9 Å². The first-order valence-electron chi connectivity index (χ1n) is 40.2. The van der Waals surface area contributed by atoms with E-state index in [-0.39, 0.29) is 18.9 Å². The van der Waals surface area contributed by atoms with Gasteiger partial charge in [-0.05, 0) is 70.6 Å². The Morgan fingerprint density at radius 1 is 0.385 bits per heavy atom. The molecule has 0 aliphatic carbocycles. The van der Waals surface area contributed by atoms with Gasteiger partial charge in [0.25, 0.3) is 0 Å². The zero-order valence-electron chi connectivity index (χ0n) is 61.4. The van der Waals surface area contributed by atoms with Crippen LogP contribution in [0.5, 0.6) is 0 Å². The Labute approximate surface area is 587 Å². The normalized spacial score (nSPS) is 22.6. The van der Waals surface area contributed by atoms with Gasteiger partial charge in [0.2, 0.25) is 5.91 Å². The summed E-state index contributed by atoms with van der Waals surface area (Å²) in [5.41, 5.74) is 0. The molecule has 0 saturated carbocycles. The molecule has 0 aromatic heterocycles. The predicted molar refractivity (Wildman–Crippen MR) is 397 cm³/mol. The maximum Gasteiger partial charge on any atom is 0.220 e. The highest BCUT2D eigenvalue weighted by Crippen LogP contribution is 2.30. The monoisotopic (exact) mass is 1360 g/mol. The van der Waals surface area contributed by atoms with Gasteiger partial charge in [0, 0.05) is 6.42 Å². The molecule has 0 bridgehead atoms. The van der Waals surface area contributed by atoms with Crippen molar-refractivity contribution >= 4 is 5.91 Å². The predicted octanol–water partition coefficient (Wildman–Crippen LogP) is 18.1. The van der Waals surface area contributed by atoms with Crippen LogP contribution in [-0.2, 0) is 23.7 Å². The molecule has 0 radical (unpaired) electrons. The van der Waals surface area contributed by atoms with Crippen LogP contribution < -0.4 is 5.32 Å². The topological polar surface area (TPSA) is 228 Å². The first-order valence-corrected chi connectivity index (χ1v) is 40.2. The number of carbonyl (C=O) groups excluding carboxylic acids is 1. The zero-order valence-corrected chi connectivity index (χ0v) is 61.4. The summed E-state index contributed by atoms with van der Waals surface area (Å²) in [6.07, 6.45) is 74.2. The summed E-state index contributed by atoms with van der Waals surface area (Å²) < 4.78 is 22.9. The molecule has 0 spiro atoms. The summed E-state index contributed by atoms with van der Waals surface area (Å²) in [6, 6.07) is -0.934. The highest BCUT2D eigenvalue weighted by molar-refractivity contribution is 5.76. The molecule has 2 saturated heterocycles. The van der Waals surface area contributed by atoms with Gasteiger partial charge in [0.05, 0.1) is 32.0 Å². The average Bonchev–Trinajstić information content (AvgIpc) is 0.857. The van der Waals surface area contributed by atoms with E-state index in [0.717, 1.165) is 57.8 Å². The first kappa shape index (κ1) is 89.5. The van der Waals surface area contributed by atoms with Crippen molar-refractivity contribution in [2.75, 3.05) is 19.8 Å². The van der Waals surface area contributed by atoms with Crippen LogP contribution in [0.2, 0.25) is 0 Å². The number of unbranched alkanes of at least 4 members (excludes halogenated alkanes) is 44. The van der Waals surface area contributed by atoms with Crippen LogP contribution in [0.3, 0.4) is 0 Å². The van der Waals surface area contributed by atoms with Crippen molar-refractivity contribution < 1.29 is 64.6 Å². The lowest BCUT2D eigenvalue weighted by molar-refractivity contribution is -0.359. The van der Waals surface area contributed by atoms with Crippen LogP contribution in [0.1, 0.15) is 348 Å². The summed E-state index contributed by atoms with van der Waals surface area (Å²) in [4.78, 5) is 13.4. The largest absolute Gasteiger partial charge is 0.394 e. The molecule has 1 amide bonds. The number of amides is 1. The van der Waals surface area contributed by atoms with E-state index in [0.29, 0.717) is 12.8 Å². The number of allylic oxidation sites excluding steroid dienone is 11. The molecule has 14 nitrogen and oxygen atoms in total. The number of ether oxygens (including phenoxy) is 4. The number of hydrogen-bond donors (Lipinski definition) is 9. The molecule has 0 aromatic rings. The molecule has 9 N–H and O–H groups in total. The van der Waals surface area contributed by atoms with Crippen LogP contribution in [0.25, 0.3) is 0 Å². The first-order chi connectivity index (χ1) is 47.1. The van der Waals surface area contributed by atoms with Crippen molar-refractivity contribution in [2.45, 2.75) is 421 Å². The second kappa shape index (κ2) is 65.7. The van der Waals surface area contributed by atoms with Crippen molar-refractivity contribution in [1.82, 2.24) is 5.32 Å². The molecule has 12 unspecified atom stereocenters. The van der Waals surface area contributed by atoms with Crippen molar-refractivity contribution in [3.63, 3.8) is 0 Å². The third-order valence-corrected chi connectivity index (χ3v) is 19.4. The Balaban J connectivity index is 1.60. The van der Waals surface area contributed by atoms with E-state index in [4.69, 9.17) is 18.9 Å². The molecular weight excluding hydrogens is 1210 g/mol. The quantitative estimate of drug-likeness (QED) is 0.0204. The lowest BCUT2D eigenvalue weighted by Crippen LogP contribution is -2.65. The van der Waals surface area contributed by atoms with E-state index in [1.165, 1.54) is 257 Å². The summed E-state index contributed by atoms with van der Waals surface area (Å²) in [7, 11) is 0. The van der Waals surface area contributed by atoms with E-state index >= 15 is 0 Å². The Morgan fingerprint density at radius 2 is 0.729 bits per heavy atom. The summed E-state index contributed by atoms with van der Waals surface area (Å²) in [6.45, 7) is 2.72. The third kappa shape index (κ3) is 48.3. The van der Waals surface area contributed by atoms with Crippen molar-refractivity contribution in [3.8, 4) is 0 Å². The minimum atomic E-state index is -1.79. The molecule has 560 valence electrons. The SMILES string of the molecule is CC/C=C\C/C=C\C/C=C\C/C=C\CCCCCCCCCCCCCCCCCCCCCCCCCCC(=O)NC(COC1OC(CO)C(OC2OC(CO)C(O)C(O)C2O)C(O)C1O)C(O)/C=C/CC/C=C/CCCCCCCCCCCCCCCCCCCCC. The molecule has 2 aliphatic heterocycles. The van der Waals surface area contributed by atoms with E-state index in [1.54, 1.807) is 6.08 Å². The fourth-order valence-corrected chi connectivity index (χ4v) is 13.1. The van der Waals surface area contributed by atoms with Gasteiger partial charge in [0.1, 0.15) is 48.8 Å². The maximum atomic E-state index is 13.4. The van der Waals surface area contributed by atoms with Gasteiger partial charge in [-0.15, -0.1) is 0 Å². The fourth-order valence-electron chi connectivity index (χ4n) is 13.1. The van der Waals surface area contributed by atoms with Gasteiger partial charge < -0.3 is 65.1 Å². The number of aliphatic hydroxyl groups excluding tert-OH is 8. The van der Waals surface area contributed by atoms with Crippen LogP contribution in [0.15, 0.2) is 72.9 Å². The van der Waals surface area contributed by atoms with Gasteiger partial charge in [-0.25, -0.2) is 0 Å². The summed E-state index contributed by atoms with van der Waals surface area (Å²) >= 11 is 0. The molecule has 0 aromatic carbocycles. The molecule has 14 heteroatoms. The average molecular weight is 1360 g/mol. The van der Waals surface area contributed by atoms with Gasteiger partial charge in [-0.1, -0.05) is 344 Å². The smallest absolute Gasteiger partial charge is 0.220 e. The van der Waals surface area contributed by atoms with Crippen LogP contribution in [-0.4, -0.2) is 140 Å². The lowest BCUT2D eigenvalue weighted by atomic mass is 9.97. The molecule has 2 rings (SSSR count). The number of nitrogens with one attached hydrogen (secondary N) is 1. The van der Waals surface area contributed by atoms with Gasteiger partial charge in [-0.2, -0.15) is 0 Å². The van der Waals surface area contributed by atoms with E-state index < -0.39 is 86.8 Å². The Hall–Kier alpha value is -2.57. The van der Waals surface area contributed by atoms with Crippen molar-refractivity contribution in [2.24, 2.45) is 0 Å². The van der Waals surface area contributed by atoms with Gasteiger partial charge in [-0.3, -0.25) is 4.79 Å². The molecule has 2 aliphatic rings. The minimum Gasteiger partial charge on any atom is -0.394 e. The second-order valence-corrected chi connectivity index (χ2v) is 28.2. The lowest BCUT2D eigenvalue weighted by Gasteiger charge is -2.46. The highest BCUT2D eigenvalue weighted by atomic mass is 16.7. The maximum absolute atomic E-state index is 13.4. The molecule has 2 heterocycles. The molecule has 2 fully saturated rings. The van der Waals surface area contributed by atoms with Gasteiger partial charge >= 0.3 is 0 Å². The second-order valence-electron chi connectivity index (χ2n) is 28.2. The van der Waals surface area contributed by atoms with Crippen molar-refractivity contribution in [1.29, 1.82) is 0 Å². The van der Waals surface area contributed by atoms with Crippen LogP contribution in [0.4, 0.5) is 0 Å². The van der Waals surface area contributed by atoms with E-state index in [2.05, 4.69) is 79.9 Å². The van der Waals surface area contributed by atoms with Crippen LogP contribution in [0, 0.1) is 0 Å². The fraction of sp³-hybridized carbons (Fsp3) is 0.841. The standard InChI is InChI=1S/C82H149NO13/c1-3-5-7-9-11-13-15-17-19-21-23-25-27-29-30-31-32-33-34-35-36-37-38-39-40-42-44-46-48-50-52-54-56-58-60-62-64-66-74(87)83-70(69-93-81-79(92)77(90)80(73(68-85)95-81)96-82-78(91)76(89)75(88)72(67-84)94-82)71(86)65-63-61-59-57-55-53-51-49-47-45-43-41-28-26-24-22-20-18-16-14-12-10-8-6-4-2/h5,7,11,13,17,19,23,25,55,57,63,65,70-73,75-82,84-86,88-92H,3-4,6,8-10,12,14-16,18,20-22,24,26-54,56,58-62,64,66-69H2,1-2H3,(H,83,87)/b7-5-,13-11-,19-17-,25-23-,57-55+,65-63+. The molecule has 96 heavy (non-hydrogen) atoms. The number of carbonyl (C=O) groups is 1. The van der Waals surface area contributed by atoms with E-state index in [9.17, 15) is 45.6 Å². The number of rotatable bonds is 67. The summed E-state index contributed by atoms with van der Waals surface area (Å²) in [5, 5.41) is 87.6. The number of hydrogen-bond acceptors (Lipinski definition) is 13. The molecule has 12 atom stereocenters. The summed E-state index contributed by atoms with van der Waals surface area (Å²) in [5.74, 6) is -0.243. The highest BCUT2D eigenvalue weighted by Gasteiger charge is 2.51. The Morgan fingerprint density at radius 3 is 1.15 bits per heavy atom. The van der Waals surface area contributed by atoms with Crippen LogP contribution >= 0.6 is 0 Å². The number of aliphatic hydroxyl groups is 8. The van der Waals surface area contributed by atoms with E-state index in [1.807, 2.05) is 6.08 Å². The Kier molecular flexibility index (Phi) is 61.3. The third-order valence-electron chi connectivity index (χ3n) is 19.4. The Bertz CT molecular complexity index is 1890. The van der Waals surface area contributed by atoms with Gasteiger partial charge in [0.15, 0.2) is 12.6 Å². The minimum absolute atomic E-state index is 0.243.